The van der Waals surface area contributed by atoms with Gasteiger partial charge >= 0.3 is 0 Å². The first-order valence-electron chi connectivity index (χ1n) is 6.62. The molecule has 0 saturated heterocycles. The molecule has 2 aromatic carbocycles. The summed E-state index contributed by atoms with van der Waals surface area (Å²) in [6.45, 7) is 7.82. The lowest BCUT2D eigenvalue weighted by Crippen LogP contribution is -1.96. The SMILES string of the molecule is Cc1ccc(C)c(Oc2ccc([C@@H](C)O)cc2Cl)c1C. The lowest BCUT2D eigenvalue weighted by molar-refractivity contribution is 0.199. The zero-order chi connectivity index (χ0) is 14.9. The number of rotatable bonds is 3. The van der Waals surface area contributed by atoms with Gasteiger partial charge in [-0.2, -0.15) is 0 Å². The predicted octanol–water partition coefficient (Wildman–Crippen LogP) is 5.11. The highest BCUT2D eigenvalue weighted by atomic mass is 35.5. The van der Waals surface area contributed by atoms with E-state index in [1.54, 1.807) is 19.1 Å². The highest BCUT2D eigenvalue weighted by molar-refractivity contribution is 6.32. The third kappa shape index (κ3) is 2.97. The fourth-order valence-corrected chi connectivity index (χ4v) is 2.28. The number of benzene rings is 2. The summed E-state index contributed by atoms with van der Waals surface area (Å²) in [7, 11) is 0. The Morgan fingerprint density at radius 3 is 2.30 bits per heavy atom. The van der Waals surface area contributed by atoms with E-state index in [0.717, 1.165) is 22.4 Å². The molecule has 1 N–H and O–H groups in total. The zero-order valence-electron chi connectivity index (χ0n) is 12.2. The van der Waals surface area contributed by atoms with Crippen molar-refractivity contribution in [3.8, 4) is 11.5 Å². The van der Waals surface area contributed by atoms with E-state index in [1.165, 1.54) is 5.56 Å². The largest absolute Gasteiger partial charge is 0.455 e. The molecule has 0 spiro atoms. The minimum absolute atomic E-state index is 0.503. The summed E-state index contributed by atoms with van der Waals surface area (Å²) >= 11 is 6.23. The second-order valence-corrected chi connectivity index (χ2v) is 5.53. The fraction of sp³-hybridized carbons (Fsp3) is 0.294. The summed E-state index contributed by atoms with van der Waals surface area (Å²) in [5.41, 5.74) is 4.15. The van der Waals surface area contributed by atoms with Crippen molar-refractivity contribution in [2.24, 2.45) is 0 Å². The minimum atomic E-state index is -0.538. The van der Waals surface area contributed by atoms with Gasteiger partial charge in [0.2, 0.25) is 0 Å². The van der Waals surface area contributed by atoms with E-state index < -0.39 is 6.10 Å². The molecule has 106 valence electrons. The molecule has 0 unspecified atom stereocenters. The van der Waals surface area contributed by atoms with E-state index in [0.29, 0.717) is 10.8 Å². The summed E-state index contributed by atoms with van der Waals surface area (Å²) in [4.78, 5) is 0. The molecule has 0 amide bonds. The normalized spacial score (nSPS) is 12.3. The second-order valence-electron chi connectivity index (χ2n) is 5.12. The van der Waals surface area contributed by atoms with Gasteiger partial charge in [-0.05, 0) is 62.1 Å². The Balaban J connectivity index is 2.38. The summed E-state index contributed by atoms with van der Waals surface area (Å²) in [6.07, 6.45) is -0.538. The number of halogens is 1. The maximum absolute atomic E-state index is 9.55. The average molecular weight is 291 g/mol. The van der Waals surface area contributed by atoms with E-state index in [1.807, 2.05) is 26.0 Å². The van der Waals surface area contributed by atoms with Gasteiger partial charge in [0.15, 0.2) is 0 Å². The summed E-state index contributed by atoms with van der Waals surface area (Å²) in [5, 5.41) is 10.1. The Labute approximate surface area is 125 Å². The third-order valence-corrected chi connectivity index (χ3v) is 3.82. The number of aryl methyl sites for hydroxylation is 2. The quantitative estimate of drug-likeness (QED) is 0.851. The molecule has 1 atom stereocenters. The van der Waals surface area contributed by atoms with E-state index >= 15 is 0 Å². The fourth-order valence-electron chi connectivity index (χ4n) is 2.05. The van der Waals surface area contributed by atoms with Crippen LogP contribution in [0.2, 0.25) is 5.02 Å². The Bertz CT molecular complexity index is 633. The number of hydrogen-bond donors (Lipinski definition) is 1. The second kappa shape index (κ2) is 5.86. The van der Waals surface area contributed by atoms with Crippen LogP contribution in [0.5, 0.6) is 11.5 Å². The minimum Gasteiger partial charge on any atom is -0.455 e. The molecule has 2 rings (SSSR count). The molecule has 0 aliphatic heterocycles. The number of aliphatic hydroxyl groups is 1. The molecule has 0 radical (unpaired) electrons. The third-order valence-electron chi connectivity index (χ3n) is 3.52. The van der Waals surface area contributed by atoms with Gasteiger partial charge in [0.1, 0.15) is 11.5 Å². The molecule has 0 aliphatic rings. The van der Waals surface area contributed by atoms with Gasteiger partial charge in [0.05, 0.1) is 11.1 Å². The molecule has 2 aromatic rings. The van der Waals surface area contributed by atoms with E-state index in [2.05, 4.69) is 13.0 Å². The smallest absolute Gasteiger partial charge is 0.146 e. The molecule has 0 fully saturated rings. The molecule has 2 nitrogen and oxygen atoms in total. The van der Waals surface area contributed by atoms with Crippen LogP contribution in [-0.2, 0) is 0 Å². The summed E-state index contributed by atoms with van der Waals surface area (Å²) in [6, 6.07) is 9.48. The Hall–Kier alpha value is -1.51. The first-order chi connectivity index (χ1) is 9.40. The summed E-state index contributed by atoms with van der Waals surface area (Å²) < 4.78 is 5.97. The lowest BCUT2D eigenvalue weighted by Gasteiger charge is -2.15. The van der Waals surface area contributed by atoms with Gasteiger partial charge in [-0.1, -0.05) is 29.8 Å². The van der Waals surface area contributed by atoms with Crippen LogP contribution >= 0.6 is 11.6 Å². The van der Waals surface area contributed by atoms with Gasteiger partial charge in [-0.25, -0.2) is 0 Å². The van der Waals surface area contributed by atoms with Crippen molar-refractivity contribution in [3.05, 3.63) is 57.6 Å². The lowest BCUT2D eigenvalue weighted by atomic mass is 10.1. The average Bonchev–Trinajstić information content (AvgIpc) is 2.40. The van der Waals surface area contributed by atoms with Crippen LogP contribution in [0.4, 0.5) is 0 Å². The molecular formula is C17H19ClO2. The van der Waals surface area contributed by atoms with Crippen molar-refractivity contribution < 1.29 is 9.84 Å². The topological polar surface area (TPSA) is 29.5 Å². The number of ether oxygens (including phenoxy) is 1. The van der Waals surface area contributed by atoms with Crippen molar-refractivity contribution in [1.29, 1.82) is 0 Å². The molecule has 0 bridgehead atoms. The molecule has 3 heteroatoms. The molecule has 0 saturated carbocycles. The van der Waals surface area contributed by atoms with Crippen LogP contribution in [-0.4, -0.2) is 5.11 Å². The van der Waals surface area contributed by atoms with Gasteiger partial charge < -0.3 is 9.84 Å². The zero-order valence-corrected chi connectivity index (χ0v) is 13.0. The van der Waals surface area contributed by atoms with E-state index in [9.17, 15) is 5.11 Å². The standard InChI is InChI=1S/C17H19ClO2/c1-10-5-6-11(2)17(12(10)3)20-16-8-7-14(13(4)19)9-15(16)18/h5-9,13,19H,1-4H3/t13-/m1/s1. The van der Waals surface area contributed by atoms with E-state index in [-0.39, 0.29) is 0 Å². The van der Waals surface area contributed by atoms with Gasteiger partial charge in [-0.15, -0.1) is 0 Å². The Kier molecular flexibility index (Phi) is 4.36. The molecule has 0 aromatic heterocycles. The first kappa shape index (κ1) is 14.9. The Morgan fingerprint density at radius 2 is 1.70 bits per heavy atom. The highest BCUT2D eigenvalue weighted by Gasteiger charge is 2.11. The highest BCUT2D eigenvalue weighted by Crippen LogP contribution is 2.35. The Morgan fingerprint density at radius 1 is 1.05 bits per heavy atom. The number of aliphatic hydroxyl groups excluding tert-OH is 1. The number of hydrogen-bond acceptors (Lipinski definition) is 2. The van der Waals surface area contributed by atoms with Crippen molar-refractivity contribution in [3.63, 3.8) is 0 Å². The van der Waals surface area contributed by atoms with Gasteiger partial charge in [-0.3, -0.25) is 0 Å². The van der Waals surface area contributed by atoms with Crippen LogP contribution in [0, 0.1) is 20.8 Å². The molecule has 20 heavy (non-hydrogen) atoms. The monoisotopic (exact) mass is 290 g/mol. The van der Waals surface area contributed by atoms with Crippen LogP contribution in [0.3, 0.4) is 0 Å². The molecule has 0 aliphatic carbocycles. The summed E-state index contributed by atoms with van der Waals surface area (Å²) in [5.74, 6) is 1.45. The molecule has 0 heterocycles. The van der Waals surface area contributed by atoms with Crippen LogP contribution < -0.4 is 4.74 Å². The van der Waals surface area contributed by atoms with Gasteiger partial charge in [0.25, 0.3) is 0 Å². The predicted molar refractivity (Wildman–Crippen MR) is 82.8 cm³/mol. The van der Waals surface area contributed by atoms with Crippen LogP contribution in [0.25, 0.3) is 0 Å². The van der Waals surface area contributed by atoms with Crippen molar-refractivity contribution in [2.45, 2.75) is 33.8 Å². The first-order valence-corrected chi connectivity index (χ1v) is 7.00. The maximum Gasteiger partial charge on any atom is 0.146 e. The van der Waals surface area contributed by atoms with Crippen molar-refractivity contribution in [1.82, 2.24) is 0 Å². The van der Waals surface area contributed by atoms with Crippen LogP contribution in [0.15, 0.2) is 30.3 Å². The maximum atomic E-state index is 9.55. The van der Waals surface area contributed by atoms with E-state index in [4.69, 9.17) is 16.3 Å². The van der Waals surface area contributed by atoms with Crippen molar-refractivity contribution in [2.75, 3.05) is 0 Å². The molecular weight excluding hydrogens is 272 g/mol. The van der Waals surface area contributed by atoms with Crippen LogP contribution in [0.1, 0.15) is 35.3 Å². The van der Waals surface area contributed by atoms with Crippen molar-refractivity contribution >= 4 is 11.6 Å². The van der Waals surface area contributed by atoms with Gasteiger partial charge in [0, 0.05) is 0 Å².